The SMILES string of the molecule is C.C/C=C/C1C(CCC)=C(C)CCC1CC(C)C. The van der Waals surface area contributed by atoms with E-state index in [0.29, 0.717) is 0 Å². The summed E-state index contributed by atoms with van der Waals surface area (Å²) in [6, 6.07) is 0. The predicted octanol–water partition coefficient (Wildman–Crippen LogP) is 6.39. The summed E-state index contributed by atoms with van der Waals surface area (Å²) in [5.41, 5.74) is 3.43. The molecule has 0 heteroatoms. The summed E-state index contributed by atoms with van der Waals surface area (Å²) in [6.07, 6.45) is 11.4. The summed E-state index contributed by atoms with van der Waals surface area (Å²) in [7, 11) is 0. The first-order chi connectivity index (χ1) is 8.10. The molecule has 0 saturated carbocycles. The molecule has 0 aromatic rings. The van der Waals surface area contributed by atoms with E-state index in [2.05, 4.69) is 46.8 Å². The van der Waals surface area contributed by atoms with E-state index in [9.17, 15) is 0 Å². The Morgan fingerprint density at radius 2 is 2.00 bits per heavy atom. The molecule has 0 fully saturated rings. The van der Waals surface area contributed by atoms with Gasteiger partial charge in [-0.25, -0.2) is 0 Å². The fourth-order valence-corrected chi connectivity index (χ4v) is 3.31. The highest BCUT2D eigenvalue weighted by molar-refractivity contribution is 5.24. The first kappa shape index (κ1) is 17.5. The van der Waals surface area contributed by atoms with Gasteiger partial charge in [-0.1, -0.05) is 57.9 Å². The minimum absolute atomic E-state index is 0. The van der Waals surface area contributed by atoms with Crippen molar-refractivity contribution < 1.29 is 0 Å². The maximum absolute atomic E-state index is 2.46. The van der Waals surface area contributed by atoms with Crippen LogP contribution in [0, 0.1) is 17.8 Å². The van der Waals surface area contributed by atoms with E-state index in [0.717, 1.165) is 17.8 Å². The van der Waals surface area contributed by atoms with E-state index in [1.807, 2.05) is 0 Å². The molecule has 0 spiro atoms. The summed E-state index contributed by atoms with van der Waals surface area (Å²) >= 11 is 0. The highest BCUT2D eigenvalue weighted by Crippen LogP contribution is 2.40. The van der Waals surface area contributed by atoms with E-state index < -0.39 is 0 Å². The van der Waals surface area contributed by atoms with Crippen LogP contribution >= 0.6 is 0 Å². The Bertz CT molecular complexity index is 280. The van der Waals surface area contributed by atoms with Gasteiger partial charge in [0.15, 0.2) is 0 Å². The normalized spacial score (nSPS) is 24.8. The molecule has 0 nitrogen and oxygen atoms in total. The second kappa shape index (κ2) is 8.56. The minimum atomic E-state index is 0. The Balaban J connectivity index is 0.00000289. The zero-order valence-corrected chi connectivity index (χ0v) is 12.4. The maximum Gasteiger partial charge on any atom is 0.000769 e. The zero-order valence-electron chi connectivity index (χ0n) is 12.4. The van der Waals surface area contributed by atoms with E-state index in [4.69, 9.17) is 0 Å². The molecule has 1 aliphatic carbocycles. The molecule has 0 bridgehead atoms. The smallest absolute Gasteiger partial charge is 0.000769 e. The van der Waals surface area contributed by atoms with Gasteiger partial charge in [-0.05, 0) is 51.4 Å². The van der Waals surface area contributed by atoms with Gasteiger partial charge >= 0.3 is 0 Å². The molecule has 0 radical (unpaired) electrons. The van der Waals surface area contributed by atoms with Crippen LogP contribution in [0.5, 0.6) is 0 Å². The third-order valence-electron chi connectivity index (χ3n) is 4.04. The van der Waals surface area contributed by atoms with Crippen LogP contribution in [0.25, 0.3) is 0 Å². The van der Waals surface area contributed by atoms with Crippen LogP contribution in [0.2, 0.25) is 0 Å². The molecular weight excluding hydrogens is 216 g/mol. The van der Waals surface area contributed by atoms with Crippen LogP contribution in [0.3, 0.4) is 0 Å². The Kier molecular flexibility index (Phi) is 8.31. The largest absolute Gasteiger partial charge is 0.0911 e. The van der Waals surface area contributed by atoms with Gasteiger partial charge in [0.25, 0.3) is 0 Å². The molecule has 106 valence electrons. The average Bonchev–Trinajstić information content (AvgIpc) is 2.27. The molecule has 2 unspecified atom stereocenters. The minimum Gasteiger partial charge on any atom is -0.0911 e. The lowest BCUT2D eigenvalue weighted by Crippen LogP contribution is -2.22. The quantitative estimate of drug-likeness (QED) is 0.496. The van der Waals surface area contributed by atoms with Crippen molar-refractivity contribution in [3.63, 3.8) is 0 Å². The van der Waals surface area contributed by atoms with Crippen molar-refractivity contribution in [1.29, 1.82) is 0 Å². The van der Waals surface area contributed by atoms with Gasteiger partial charge in [0.2, 0.25) is 0 Å². The lowest BCUT2D eigenvalue weighted by atomic mass is 9.71. The van der Waals surface area contributed by atoms with Gasteiger partial charge in [0.05, 0.1) is 0 Å². The molecule has 0 heterocycles. The topological polar surface area (TPSA) is 0 Å². The number of allylic oxidation sites excluding steroid dienone is 4. The summed E-state index contributed by atoms with van der Waals surface area (Å²) in [5.74, 6) is 2.45. The first-order valence-electron chi connectivity index (χ1n) is 7.41. The van der Waals surface area contributed by atoms with Crippen LogP contribution in [-0.4, -0.2) is 0 Å². The van der Waals surface area contributed by atoms with Crippen LogP contribution in [0.15, 0.2) is 23.3 Å². The van der Waals surface area contributed by atoms with Crippen molar-refractivity contribution in [1.82, 2.24) is 0 Å². The van der Waals surface area contributed by atoms with Crippen LogP contribution in [0.4, 0.5) is 0 Å². The second-order valence-corrected chi connectivity index (χ2v) is 6.04. The van der Waals surface area contributed by atoms with Crippen molar-refractivity contribution in [3.8, 4) is 0 Å². The number of hydrogen-bond donors (Lipinski definition) is 0. The lowest BCUT2D eigenvalue weighted by Gasteiger charge is -2.34. The molecule has 0 aromatic heterocycles. The molecule has 18 heavy (non-hydrogen) atoms. The number of rotatable bonds is 5. The first-order valence-corrected chi connectivity index (χ1v) is 7.41. The fourth-order valence-electron chi connectivity index (χ4n) is 3.31. The number of hydrogen-bond acceptors (Lipinski definition) is 0. The summed E-state index contributed by atoms with van der Waals surface area (Å²) in [6.45, 7) is 11.5. The molecule has 0 aromatic carbocycles. The summed E-state index contributed by atoms with van der Waals surface area (Å²) < 4.78 is 0. The highest BCUT2D eigenvalue weighted by Gasteiger charge is 2.27. The highest BCUT2D eigenvalue weighted by atomic mass is 14.3. The maximum atomic E-state index is 2.46. The van der Waals surface area contributed by atoms with Gasteiger partial charge < -0.3 is 0 Å². The van der Waals surface area contributed by atoms with Crippen LogP contribution in [0.1, 0.15) is 74.1 Å². The molecule has 0 amide bonds. The van der Waals surface area contributed by atoms with Gasteiger partial charge in [-0.2, -0.15) is 0 Å². The Labute approximate surface area is 116 Å². The van der Waals surface area contributed by atoms with Crippen molar-refractivity contribution in [2.45, 2.75) is 74.1 Å². The standard InChI is InChI=1S/C17H30.CH4/c1-6-8-16-14(5)10-11-15(12-13(3)4)17(16)9-7-2;/h7,9,13,15,17H,6,8,10-12H2,1-5H3;1H4/b9-7+;. The van der Waals surface area contributed by atoms with Gasteiger partial charge in [-0.15, -0.1) is 0 Å². The molecular formula is C18H34. The van der Waals surface area contributed by atoms with E-state index >= 15 is 0 Å². The summed E-state index contributed by atoms with van der Waals surface area (Å²) in [4.78, 5) is 0. The average molecular weight is 250 g/mol. The van der Waals surface area contributed by atoms with Crippen molar-refractivity contribution in [2.75, 3.05) is 0 Å². The second-order valence-electron chi connectivity index (χ2n) is 6.04. The van der Waals surface area contributed by atoms with Crippen molar-refractivity contribution in [2.24, 2.45) is 17.8 Å². The van der Waals surface area contributed by atoms with E-state index in [1.54, 1.807) is 11.1 Å². The Hall–Kier alpha value is -0.520. The molecule has 0 N–H and O–H groups in total. The third kappa shape index (κ3) is 4.63. The molecule has 0 saturated heterocycles. The van der Waals surface area contributed by atoms with Gasteiger partial charge in [-0.3, -0.25) is 0 Å². The third-order valence-corrected chi connectivity index (χ3v) is 4.04. The van der Waals surface area contributed by atoms with Crippen LogP contribution in [-0.2, 0) is 0 Å². The Morgan fingerprint density at radius 3 is 2.50 bits per heavy atom. The fraction of sp³-hybridized carbons (Fsp3) is 0.778. The molecule has 0 aliphatic heterocycles. The van der Waals surface area contributed by atoms with E-state index in [1.165, 1.54) is 32.1 Å². The zero-order chi connectivity index (χ0) is 12.8. The predicted molar refractivity (Wildman–Crippen MR) is 84.8 cm³/mol. The molecule has 2 atom stereocenters. The summed E-state index contributed by atoms with van der Waals surface area (Å²) in [5, 5.41) is 0. The lowest BCUT2D eigenvalue weighted by molar-refractivity contribution is 0.310. The van der Waals surface area contributed by atoms with Gasteiger partial charge in [0, 0.05) is 5.92 Å². The molecule has 1 aliphatic rings. The van der Waals surface area contributed by atoms with Crippen molar-refractivity contribution in [3.05, 3.63) is 23.3 Å². The van der Waals surface area contributed by atoms with E-state index in [-0.39, 0.29) is 7.43 Å². The molecule has 1 rings (SSSR count). The van der Waals surface area contributed by atoms with Crippen LogP contribution < -0.4 is 0 Å². The monoisotopic (exact) mass is 250 g/mol. The van der Waals surface area contributed by atoms with Crippen molar-refractivity contribution >= 4 is 0 Å². The van der Waals surface area contributed by atoms with Gasteiger partial charge in [0.1, 0.15) is 0 Å². The Morgan fingerprint density at radius 1 is 1.33 bits per heavy atom.